The Kier molecular flexibility index (Phi) is 4.20. The number of likely N-dealkylation sites (tertiary alicyclic amines) is 1. The highest BCUT2D eigenvalue weighted by molar-refractivity contribution is 7.10. The molecular weight excluding hydrogens is 232 g/mol. The summed E-state index contributed by atoms with van der Waals surface area (Å²) >= 11 is 1.77. The van der Waals surface area contributed by atoms with Crippen LogP contribution in [-0.2, 0) is 0 Å². The van der Waals surface area contributed by atoms with Crippen LogP contribution in [0.1, 0.15) is 31.2 Å². The normalized spacial score (nSPS) is 30.1. The van der Waals surface area contributed by atoms with Gasteiger partial charge in [-0.3, -0.25) is 4.90 Å². The van der Waals surface area contributed by atoms with Gasteiger partial charge in [-0.15, -0.1) is 11.3 Å². The molecular formula is C13H22N2OS. The van der Waals surface area contributed by atoms with Gasteiger partial charge in [-0.05, 0) is 30.7 Å². The van der Waals surface area contributed by atoms with Gasteiger partial charge >= 0.3 is 0 Å². The van der Waals surface area contributed by atoms with Crippen LogP contribution >= 0.6 is 11.3 Å². The first kappa shape index (κ1) is 13.0. The van der Waals surface area contributed by atoms with E-state index in [9.17, 15) is 5.11 Å². The van der Waals surface area contributed by atoms with E-state index in [2.05, 4.69) is 36.3 Å². The molecule has 2 rings (SSSR count). The zero-order valence-electron chi connectivity index (χ0n) is 10.5. The van der Waals surface area contributed by atoms with Gasteiger partial charge in [0.05, 0.1) is 12.1 Å². The molecule has 3 N–H and O–H groups in total. The number of nitrogens with zero attached hydrogens (tertiary/aromatic N) is 1. The predicted molar refractivity (Wildman–Crippen MR) is 72.1 cm³/mol. The maximum absolute atomic E-state index is 9.79. The maximum Gasteiger partial charge on any atom is 0.0590 e. The lowest BCUT2D eigenvalue weighted by atomic mass is 9.94. The largest absolute Gasteiger partial charge is 0.393 e. The summed E-state index contributed by atoms with van der Waals surface area (Å²) < 4.78 is 0. The summed E-state index contributed by atoms with van der Waals surface area (Å²) in [5, 5.41) is 11.9. The van der Waals surface area contributed by atoms with Crippen molar-refractivity contribution in [1.29, 1.82) is 0 Å². The number of thiophene rings is 1. The first-order chi connectivity index (χ1) is 8.09. The van der Waals surface area contributed by atoms with Crippen LogP contribution in [0.2, 0.25) is 0 Å². The molecule has 0 amide bonds. The number of rotatable bonds is 3. The number of hydrogen-bond acceptors (Lipinski definition) is 4. The van der Waals surface area contributed by atoms with Crippen LogP contribution in [0.25, 0.3) is 0 Å². The van der Waals surface area contributed by atoms with Crippen LogP contribution in [0.3, 0.4) is 0 Å². The zero-order chi connectivity index (χ0) is 12.4. The van der Waals surface area contributed by atoms with Crippen LogP contribution in [0.15, 0.2) is 17.5 Å². The molecule has 0 radical (unpaired) electrons. The van der Waals surface area contributed by atoms with Crippen molar-refractivity contribution in [2.75, 3.05) is 13.1 Å². The SMILES string of the molecule is CC(N)C(c1cccs1)N1CCC(O)C(C)C1. The Bertz CT molecular complexity index is 339. The molecule has 2 heterocycles. The summed E-state index contributed by atoms with van der Waals surface area (Å²) in [6, 6.07) is 4.66. The van der Waals surface area contributed by atoms with E-state index in [0.717, 1.165) is 19.5 Å². The van der Waals surface area contributed by atoms with Gasteiger partial charge in [-0.2, -0.15) is 0 Å². The van der Waals surface area contributed by atoms with E-state index in [-0.39, 0.29) is 12.1 Å². The van der Waals surface area contributed by atoms with Gasteiger partial charge < -0.3 is 10.8 Å². The predicted octanol–water partition coefficient (Wildman–Crippen LogP) is 1.84. The van der Waals surface area contributed by atoms with Gasteiger partial charge in [0.2, 0.25) is 0 Å². The van der Waals surface area contributed by atoms with Gasteiger partial charge in [-0.25, -0.2) is 0 Å². The second kappa shape index (κ2) is 5.48. The standard InChI is InChI=1S/C13H22N2OS/c1-9-8-15(6-5-11(9)16)13(10(2)14)12-4-3-7-17-12/h3-4,7,9-11,13,16H,5-6,8,14H2,1-2H3. The number of hydrogen-bond donors (Lipinski definition) is 2. The van der Waals surface area contributed by atoms with Crippen molar-refractivity contribution >= 4 is 11.3 Å². The molecule has 96 valence electrons. The molecule has 1 saturated heterocycles. The topological polar surface area (TPSA) is 49.5 Å². The number of aliphatic hydroxyl groups excluding tert-OH is 1. The van der Waals surface area contributed by atoms with Crippen molar-refractivity contribution in [2.24, 2.45) is 11.7 Å². The van der Waals surface area contributed by atoms with Crippen LogP contribution in [0, 0.1) is 5.92 Å². The summed E-state index contributed by atoms with van der Waals surface area (Å²) in [7, 11) is 0. The van der Waals surface area contributed by atoms with Crippen molar-refractivity contribution in [2.45, 2.75) is 38.5 Å². The molecule has 17 heavy (non-hydrogen) atoms. The minimum atomic E-state index is -0.150. The molecule has 1 aromatic rings. The van der Waals surface area contributed by atoms with E-state index in [1.165, 1.54) is 4.88 Å². The Morgan fingerprint density at radius 1 is 1.59 bits per heavy atom. The molecule has 1 aromatic heterocycles. The quantitative estimate of drug-likeness (QED) is 0.865. The van der Waals surface area contributed by atoms with Gasteiger partial charge in [0.25, 0.3) is 0 Å². The van der Waals surface area contributed by atoms with Crippen molar-refractivity contribution in [3.63, 3.8) is 0 Å². The highest BCUT2D eigenvalue weighted by Crippen LogP contribution is 2.31. The van der Waals surface area contributed by atoms with Crippen molar-refractivity contribution in [1.82, 2.24) is 4.90 Å². The highest BCUT2D eigenvalue weighted by Gasteiger charge is 2.31. The molecule has 0 spiro atoms. The van der Waals surface area contributed by atoms with Crippen LogP contribution in [0.4, 0.5) is 0 Å². The third-order valence-corrected chi connectivity index (χ3v) is 4.56. The molecule has 0 saturated carbocycles. The van der Waals surface area contributed by atoms with E-state index >= 15 is 0 Å². The van der Waals surface area contributed by atoms with Gasteiger partial charge in [0.15, 0.2) is 0 Å². The molecule has 1 aliphatic rings. The first-order valence-corrected chi connectivity index (χ1v) is 7.18. The van der Waals surface area contributed by atoms with Gasteiger partial charge in [-0.1, -0.05) is 13.0 Å². The molecule has 1 aliphatic heterocycles. The second-order valence-electron chi connectivity index (χ2n) is 5.15. The number of aliphatic hydroxyl groups is 1. The second-order valence-corrected chi connectivity index (χ2v) is 6.13. The van der Waals surface area contributed by atoms with E-state index in [1.807, 2.05) is 0 Å². The molecule has 4 unspecified atom stereocenters. The van der Waals surface area contributed by atoms with Crippen molar-refractivity contribution in [3.8, 4) is 0 Å². The highest BCUT2D eigenvalue weighted by atomic mass is 32.1. The van der Waals surface area contributed by atoms with Crippen LogP contribution in [0.5, 0.6) is 0 Å². The first-order valence-electron chi connectivity index (χ1n) is 6.30. The molecule has 1 fully saturated rings. The molecule has 4 atom stereocenters. The average Bonchev–Trinajstić information content (AvgIpc) is 2.76. The maximum atomic E-state index is 9.79. The molecule has 4 heteroatoms. The summed E-state index contributed by atoms with van der Waals surface area (Å²) in [6.45, 7) is 6.06. The Morgan fingerprint density at radius 2 is 2.35 bits per heavy atom. The Balaban J connectivity index is 2.12. The number of piperidine rings is 1. The minimum Gasteiger partial charge on any atom is -0.393 e. The molecule has 0 bridgehead atoms. The Hall–Kier alpha value is -0.420. The van der Waals surface area contributed by atoms with Crippen LogP contribution in [-0.4, -0.2) is 35.2 Å². The Morgan fingerprint density at radius 3 is 2.88 bits per heavy atom. The minimum absolute atomic E-state index is 0.121. The smallest absolute Gasteiger partial charge is 0.0590 e. The summed E-state index contributed by atoms with van der Waals surface area (Å²) in [5.74, 6) is 0.338. The summed E-state index contributed by atoms with van der Waals surface area (Å²) in [4.78, 5) is 3.76. The van der Waals surface area contributed by atoms with E-state index < -0.39 is 0 Å². The molecule has 0 aromatic carbocycles. The lowest BCUT2D eigenvalue weighted by Crippen LogP contribution is -2.47. The summed E-state index contributed by atoms with van der Waals surface area (Å²) in [6.07, 6.45) is 0.707. The fourth-order valence-corrected chi connectivity index (χ4v) is 3.62. The van der Waals surface area contributed by atoms with Gasteiger partial charge in [0, 0.05) is 24.0 Å². The molecule has 0 aliphatic carbocycles. The monoisotopic (exact) mass is 254 g/mol. The average molecular weight is 254 g/mol. The third kappa shape index (κ3) is 2.88. The number of nitrogens with two attached hydrogens (primary N) is 1. The lowest BCUT2D eigenvalue weighted by molar-refractivity contribution is 0.0133. The Labute approximate surface area is 107 Å². The fourth-order valence-electron chi connectivity index (χ4n) is 2.65. The zero-order valence-corrected chi connectivity index (χ0v) is 11.4. The van der Waals surface area contributed by atoms with E-state index in [1.54, 1.807) is 11.3 Å². The van der Waals surface area contributed by atoms with Crippen LogP contribution < -0.4 is 5.73 Å². The van der Waals surface area contributed by atoms with Crippen molar-refractivity contribution < 1.29 is 5.11 Å². The fraction of sp³-hybridized carbons (Fsp3) is 0.692. The third-order valence-electron chi connectivity index (χ3n) is 3.62. The summed E-state index contributed by atoms with van der Waals surface area (Å²) in [5.41, 5.74) is 6.14. The lowest BCUT2D eigenvalue weighted by Gasteiger charge is -2.40. The van der Waals surface area contributed by atoms with E-state index in [4.69, 9.17) is 5.73 Å². The van der Waals surface area contributed by atoms with E-state index in [0.29, 0.717) is 12.0 Å². The van der Waals surface area contributed by atoms with Crippen molar-refractivity contribution in [3.05, 3.63) is 22.4 Å². The van der Waals surface area contributed by atoms with Gasteiger partial charge in [0.1, 0.15) is 0 Å². The molecule has 3 nitrogen and oxygen atoms in total.